The van der Waals surface area contributed by atoms with E-state index >= 15 is 0 Å². The number of amides is 1. The number of benzene rings is 1. The molecule has 1 aliphatic rings. The Morgan fingerprint density at radius 1 is 1.13 bits per heavy atom. The van der Waals surface area contributed by atoms with Crippen molar-refractivity contribution in [1.82, 2.24) is 25.3 Å². The van der Waals surface area contributed by atoms with Gasteiger partial charge < -0.3 is 29.5 Å². The topological polar surface area (TPSA) is 127 Å². The van der Waals surface area contributed by atoms with Crippen LogP contribution in [0.3, 0.4) is 0 Å². The number of nitrogens with one attached hydrogen (secondary N) is 3. The molecule has 0 spiro atoms. The van der Waals surface area contributed by atoms with E-state index in [0.717, 1.165) is 11.3 Å². The van der Waals surface area contributed by atoms with Crippen LogP contribution in [0.4, 0.5) is 10.3 Å². The van der Waals surface area contributed by atoms with Crippen LogP contribution in [0.1, 0.15) is 25.4 Å². The first kappa shape index (κ1) is 25.6. The second-order valence-corrected chi connectivity index (χ2v) is 9.27. The molecule has 4 aromatic rings. The quantitative estimate of drug-likeness (QED) is 0.303. The molecular formula is C27H29FN6O4. The molecule has 4 heterocycles. The van der Waals surface area contributed by atoms with Gasteiger partial charge in [0, 0.05) is 17.8 Å². The number of halogens is 1. The number of carbonyl (C=O) groups excluding carboxylic acids is 1. The van der Waals surface area contributed by atoms with Crippen molar-refractivity contribution in [3.8, 4) is 22.6 Å². The highest BCUT2D eigenvalue weighted by molar-refractivity contribution is 5.79. The SMILES string of the molecule is CC(C)NC(=O)C1COC(Cc2nc(-c3ccc(F)cc3)c(-c3ccnc(NCc4ccco4)n3)[nH]2)OC1. The largest absolute Gasteiger partial charge is 0.467 e. The number of hydrogen-bond acceptors (Lipinski definition) is 8. The van der Waals surface area contributed by atoms with Crippen molar-refractivity contribution < 1.29 is 23.1 Å². The normalized spacial score (nSPS) is 17.5. The van der Waals surface area contributed by atoms with E-state index in [1.165, 1.54) is 12.1 Å². The summed E-state index contributed by atoms with van der Waals surface area (Å²) in [5.41, 5.74) is 2.60. The summed E-state index contributed by atoms with van der Waals surface area (Å²) in [6, 6.07) is 11.6. The van der Waals surface area contributed by atoms with Crippen LogP contribution < -0.4 is 10.6 Å². The van der Waals surface area contributed by atoms with Gasteiger partial charge in [0.25, 0.3) is 0 Å². The smallest absolute Gasteiger partial charge is 0.227 e. The fourth-order valence-corrected chi connectivity index (χ4v) is 4.06. The van der Waals surface area contributed by atoms with Crippen LogP contribution in [0.2, 0.25) is 0 Å². The number of furan rings is 1. The number of aromatic amines is 1. The van der Waals surface area contributed by atoms with Gasteiger partial charge in [0.05, 0.1) is 55.4 Å². The van der Waals surface area contributed by atoms with E-state index in [0.29, 0.717) is 41.8 Å². The number of rotatable bonds is 9. The molecule has 11 heteroatoms. The third-order valence-electron chi connectivity index (χ3n) is 5.91. The summed E-state index contributed by atoms with van der Waals surface area (Å²) in [6.45, 7) is 4.78. The minimum absolute atomic E-state index is 0.0503. The van der Waals surface area contributed by atoms with Gasteiger partial charge in [-0.05, 0) is 56.3 Å². The number of H-pyrrole nitrogens is 1. The van der Waals surface area contributed by atoms with Crippen LogP contribution in [-0.2, 0) is 27.2 Å². The Morgan fingerprint density at radius 2 is 1.92 bits per heavy atom. The number of carbonyl (C=O) groups is 1. The predicted octanol–water partition coefficient (Wildman–Crippen LogP) is 3.93. The third-order valence-corrected chi connectivity index (χ3v) is 5.91. The zero-order valence-corrected chi connectivity index (χ0v) is 21.1. The first-order chi connectivity index (χ1) is 18.4. The molecule has 1 aromatic carbocycles. The third kappa shape index (κ3) is 6.24. The summed E-state index contributed by atoms with van der Waals surface area (Å²) < 4.78 is 30.6. The maximum absolute atomic E-state index is 13.6. The number of ether oxygens (including phenoxy) is 2. The standard InChI is InChI=1S/C27H29FN6O4/c1-16(2)31-26(35)18-14-37-23(38-15-18)12-22-33-24(17-5-7-19(28)8-6-17)25(34-22)21-9-10-29-27(32-21)30-13-20-4-3-11-36-20/h3-11,16,18,23H,12-15H2,1-2H3,(H,31,35)(H,33,34)(H,29,30,32). The van der Waals surface area contributed by atoms with E-state index in [1.54, 1.807) is 30.7 Å². The number of imidazole rings is 1. The Kier molecular flexibility index (Phi) is 7.75. The molecule has 3 aromatic heterocycles. The van der Waals surface area contributed by atoms with Gasteiger partial charge in [-0.15, -0.1) is 0 Å². The number of anilines is 1. The molecule has 1 amide bonds. The lowest BCUT2D eigenvalue weighted by molar-refractivity contribution is -0.201. The van der Waals surface area contributed by atoms with Crippen LogP contribution in [0.25, 0.3) is 22.6 Å². The minimum atomic E-state index is -0.561. The van der Waals surface area contributed by atoms with Gasteiger partial charge in [0.2, 0.25) is 11.9 Å². The summed E-state index contributed by atoms with van der Waals surface area (Å²) >= 11 is 0. The molecule has 0 aliphatic carbocycles. The first-order valence-electron chi connectivity index (χ1n) is 12.4. The van der Waals surface area contributed by atoms with Crippen LogP contribution >= 0.6 is 0 Å². The lowest BCUT2D eigenvalue weighted by atomic mass is 10.1. The lowest BCUT2D eigenvalue weighted by Crippen LogP contribution is -2.44. The Labute approximate surface area is 219 Å². The van der Waals surface area contributed by atoms with Gasteiger partial charge in [0.1, 0.15) is 17.4 Å². The Morgan fingerprint density at radius 3 is 2.63 bits per heavy atom. The molecule has 1 saturated heterocycles. The maximum atomic E-state index is 13.6. The highest BCUT2D eigenvalue weighted by atomic mass is 19.1. The molecule has 5 rings (SSSR count). The molecular weight excluding hydrogens is 491 g/mol. The summed E-state index contributed by atoms with van der Waals surface area (Å²) in [5.74, 6) is 1.01. The molecule has 0 saturated carbocycles. The summed E-state index contributed by atoms with van der Waals surface area (Å²) in [4.78, 5) is 29.3. The second kappa shape index (κ2) is 11.5. The molecule has 3 N–H and O–H groups in total. The fraction of sp³-hybridized carbons (Fsp3) is 0.333. The van der Waals surface area contributed by atoms with Gasteiger partial charge in [-0.25, -0.2) is 19.3 Å². The number of hydrogen-bond donors (Lipinski definition) is 3. The minimum Gasteiger partial charge on any atom is -0.467 e. The lowest BCUT2D eigenvalue weighted by Gasteiger charge is -2.28. The van der Waals surface area contributed by atoms with Crippen LogP contribution in [-0.4, -0.2) is 51.4 Å². The van der Waals surface area contributed by atoms with Crippen LogP contribution in [0.5, 0.6) is 0 Å². The van der Waals surface area contributed by atoms with E-state index in [4.69, 9.17) is 18.9 Å². The molecule has 10 nitrogen and oxygen atoms in total. The average molecular weight is 521 g/mol. The van der Waals surface area contributed by atoms with Gasteiger partial charge in [-0.1, -0.05) is 0 Å². The van der Waals surface area contributed by atoms with Crippen LogP contribution in [0, 0.1) is 11.7 Å². The monoisotopic (exact) mass is 520 g/mol. The predicted molar refractivity (Wildman–Crippen MR) is 137 cm³/mol. The Hall–Kier alpha value is -4.09. The summed E-state index contributed by atoms with van der Waals surface area (Å²) in [7, 11) is 0. The van der Waals surface area contributed by atoms with Crippen molar-refractivity contribution in [3.63, 3.8) is 0 Å². The van der Waals surface area contributed by atoms with Crippen molar-refractivity contribution in [2.24, 2.45) is 5.92 Å². The fourth-order valence-electron chi connectivity index (χ4n) is 4.06. The molecule has 1 fully saturated rings. The van der Waals surface area contributed by atoms with Crippen molar-refractivity contribution >= 4 is 11.9 Å². The summed E-state index contributed by atoms with van der Waals surface area (Å²) in [5, 5.41) is 6.03. The highest BCUT2D eigenvalue weighted by Crippen LogP contribution is 2.30. The van der Waals surface area contributed by atoms with E-state index in [1.807, 2.05) is 26.0 Å². The van der Waals surface area contributed by atoms with E-state index in [-0.39, 0.29) is 36.9 Å². The molecule has 0 unspecified atom stereocenters. The van der Waals surface area contributed by atoms with Gasteiger partial charge >= 0.3 is 0 Å². The average Bonchev–Trinajstić information content (AvgIpc) is 3.58. The van der Waals surface area contributed by atoms with Crippen molar-refractivity contribution in [2.75, 3.05) is 18.5 Å². The molecule has 38 heavy (non-hydrogen) atoms. The Balaban J connectivity index is 1.35. The van der Waals surface area contributed by atoms with Gasteiger partial charge in [-0.2, -0.15) is 0 Å². The van der Waals surface area contributed by atoms with Gasteiger partial charge in [-0.3, -0.25) is 4.79 Å². The second-order valence-electron chi connectivity index (χ2n) is 9.27. The van der Waals surface area contributed by atoms with Crippen LogP contribution in [0.15, 0.2) is 59.3 Å². The number of aromatic nitrogens is 4. The molecule has 1 aliphatic heterocycles. The van der Waals surface area contributed by atoms with E-state index < -0.39 is 6.29 Å². The van der Waals surface area contributed by atoms with E-state index in [9.17, 15) is 9.18 Å². The summed E-state index contributed by atoms with van der Waals surface area (Å²) in [6.07, 6.45) is 3.03. The van der Waals surface area contributed by atoms with Gasteiger partial charge in [0.15, 0.2) is 6.29 Å². The van der Waals surface area contributed by atoms with Crippen molar-refractivity contribution in [1.29, 1.82) is 0 Å². The Bertz CT molecular complexity index is 1350. The van der Waals surface area contributed by atoms with Crippen molar-refractivity contribution in [2.45, 2.75) is 39.1 Å². The maximum Gasteiger partial charge on any atom is 0.227 e. The molecule has 198 valence electrons. The first-order valence-corrected chi connectivity index (χ1v) is 12.4. The zero-order chi connectivity index (χ0) is 26.5. The molecule has 0 bridgehead atoms. The highest BCUT2D eigenvalue weighted by Gasteiger charge is 2.29. The van der Waals surface area contributed by atoms with E-state index in [2.05, 4.69) is 25.6 Å². The zero-order valence-electron chi connectivity index (χ0n) is 21.1. The molecule has 0 atom stereocenters. The molecule has 0 radical (unpaired) electrons. The van der Waals surface area contributed by atoms with Crippen molar-refractivity contribution in [3.05, 3.63) is 72.3 Å². The number of nitrogens with zero attached hydrogens (tertiary/aromatic N) is 3.